The van der Waals surface area contributed by atoms with E-state index in [4.69, 9.17) is 5.73 Å². The zero-order valence-corrected chi connectivity index (χ0v) is 7.88. The van der Waals surface area contributed by atoms with Crippen molar-refractivity contribution in [2.75, 3.05) is 6.54 Å². The van der Waals surface area contributed by atoms with Crippen LogP contribution < -0.4 is 5.73 Å². The van der Waals surface area contributed by atoms with E-state index in [9.17, 15) is 0 Å². The molecule has 0 aliphatic carbocycles. The molecule has 0 aliphatic rings. The molecule has 0 atom stereocenters. The van der Waals surface area contributed by atoms with Gasteiger partial charge in [0.15, 0.2) is 0 Å². The summed E-state index contributed by atoms with van der Waals surface area (Å²) in [5.74, 6) is 5.86. The lowest BCUT2D eigenvalue weighted by molar-refractivity contribution is 0.915. The third kappa shape index (κ3) is 2.89. The maximum absolute atomic E-state index is 5.31. The molecule has 13 heavy (non-hydrogen) atoms. The van der Waals surface area contributed by atoms with Crippen LogP contribution in [0.4, 0.5) is 0 Å². The summed E-state index contributed by atoms with van der Waals surface area (Å²) >= 11 is 0. The lowest BCUT2D eigenvalue weighted by Gasteiger charge is -2.00. The van der Waals surface area contributed by atoms with Gasteiger partial charge in [-0.3, -0.25) is 4.98 Å². The minimum absolute atomic E-state index is 0.403. The summed E-state index contributed by atoms with van der Waals surface area (Å²) in [5.41, 5.74) is 7.58. The van der Waals surface area contributed by atoms with Gasteiger partial charge in [-0.2, -0.15) is 0 Å². The predicted octanol–water partition coefficient (Wildman–Crippen LogP) is 1.34. The highest BCUT2D eigenvalue weighted by atomic mass is 14.6. The lowest BCUT2D eigenvalue weighted by Crippen LogP contribution is -1.95. The summed E-state index contributed by atoms with van der Waals surface area (Å²) in [4.78, 5) is 4.04. The average Bonchev–Trinajstić information content (AvgIpc) is 2.17. The molecule has 1 heterocycles. The molecule has 0 aromatic carbocycles. The van der Waals surface area contributed by atoms with Gasteiger partial charge in [-0.1, -0.05) is 25.2 Å². The van der Waals surface area contributed by atoms with Crippen LogP contribution in [0.5, 0.6) is 0 Å². The quantitative estimate of drug-likeness (QED) is 0.687. The Morgan fingerprint density at radius 1 is 1.54 bits per heavy atom. The second-order valence-electron chi connectivity index (χ2n) is 2.79. The molecule has 0 saturated carbocycles. The van der Waals surface area contributed by atoms with Crippen LogP contribution in [0.3, 0.4) is 0 Å². The Morgan fingerprint density at radius 3 is 3.08 bits per heavy atom. The van der Waals surface area contributed by atoms with Gasteiger partial charge in [0.1, 0.15) is 0 Å². The van der Waals surface area contributed by atoms with Gasteiger partial charge >= 0.3 is 0 Å². The zero-order valence-electron chi connectivity index (χ0n) is 7.88. The van der Waals surface area contributed by atoms with Crippen LogP contribution >= 0.6 is 0 Å². The van der Waals surface area contributed by atoms with Crippen LogP contribution in [0.15, 0.2) is 18.5 Å². The Kier molecular flexibility index (Phi) is 4.01. The lowest BCUT2D eigenvalue weighted by atomic mass is 10.1. The van der Waals surface area contributed by atoms with E-state index in [1.54, 1.807) is 12.4 Å². The summed E-state index contributed by atoms with van der Waals surface area (Å²) in [5, 5.41) is 0. The minimum atomic E-state index is 0.403. The van der Waals surface area contributed by atoms with E-state index < -0.39 is 0 Å². The largest absolute Gasteiger partial charge is 0.320 e. The van der Waals surface area contributed by atoms with Crippen molar-refractivity contribution in [3.8, 4) is 11.8 Å². The fourth-order valence-electron chi connectivity index (χ4n) is 1.17. The number of aromatic nitrogens is 1. The number of aryl methyl sites for hydroxylation is 1. The Hall–Kier alpha value is -1.33. The Morgan fingerprint density at radius 2 is 2.38 bits per heavy atom. The van der Waals surface area contributed by atoms with Crippen LogP contribution in [0.25, 0.3) is 0 Å². The van der Waals surface area contributed by atoms with Crippen molar-refractivity contribution in [2.45, 2.75) is 19.8 Å². The molecule has 1 rings (SSSR count). The third-order valence-corrected chi connectivity index (χ3v) is 1.76. The summed E-state index contributed by atoms with van der Waals surface area (Å²) in [6.07, 6.45) is 5.78. The standard InChI is InChI=1S/C11H14N2/c1-2-4-10-6-8-13-9-11(10)5-3-7-12/h6,8-9H,2,4,7,12H2,1H3. The Balaban J connectivity index is 2.90. The number of hydrogen-bond acceptors (Lipinski definition) is 2. The number of nitrogens with zero attached hydrogens (tertiary/aromatic N) is 1. The van der Waals surface area contributed by atoms with Crippen molar-refractivity contribution in [3.63, 3.8) is 0 Å². The van der Waals surface area contributed by atoms with Crippen LogP contribution in [-0.2, 0) is 6.42 Å². The third-order valence-electron chi connectivity index (χ3n) is 1.76. The van der Waals surface area contributed by atoms with Gasteiger partial charge in [-0.05, 0) is 18.1 Å². The van der Waals surface area contributed by atoms with Gasteiger partial charge in [0, 0.05) is 18.0 Å². The van der Waals surface area contributed by atoms with Crippen molar-refractivity contribution in [3.05, 3.63) is 29.6 Å². The van der Waals surface area contributed by atoms with Crippen LogP contribution in [0.1, 0.15) is 24.5 Å². The summed E-state index contributed by atoms with van der Waals surface area (Å²) < 4.78 is 0. The van der Waals surface area contributed by atoms with Gasteiger partial charge in [0.05, 0.1) is 6.54 Å². The molecule has 68 valence electrons. The van der Waals surface area contributed by atoms with Gasteiger partial charge in [0.25, 0.3) is 0 Å². The average molecular weight is 174 g/mol. The zero-order chi connectivity index (χ0) is 9.52. The monoisotopic (exact) mass is 174 g/mol. The second-order valence-corrected chi connectivity index (χ2v) is 2.79. The molecule has 0 amide bonds. The molecule has 0 fully saturated rings. The molecular formula is C11H14N2. The normalized spacial score (nSPS) is 9.08. The fourth-order valence-corrected chi connectivity index (χ4v) is 1.17. The highest BCUT2D eigenvalue weighted by Crippen LogP contribution is 2.07. The SMILES string of the molecule is CCCc1ccncc1C#CCN. The van der Waals surface area contributed by atoms with Crippen molar-refractivity contribution < 1.29 is 0 Å². The smallest absolute Gasteiger partial charge is 0.0555 e. The van der Waals surface area contributed by atoms with Crippen molar-refractivity contribution >= 4 is 0 Å². The molecule has 0 aliphatic heterocycles. The predicted molar refractivity (Wildman–Crippen MR) is 54.2 cm³/mol. The van der Waals surface area contributed by atoms with Gasteiger partial charge in [0.2, 0.25) is 0 Å². The molecular weight excluding hydrogens is 160 g/mol. The maximum atomic E-state index is 5.31. The van der Waals surface area contributed by atoms with Crippen LogP contribution in [0, 0.1) is 11.8 Å². The number of pyridine rings is 1. The van der Waals surface area contributed by atoms with Crippen molar-refractivity contribution in [1.82, 2.24) is 4.98 Å². The molecule has 0 saturated heterocycles. The highest BCUT2D eigenvalue weighted by molar-refractivity contribution is 5.39. The molecule has 0 radical (unpaired) electrons. The number of nitrogens with two attached hydrogens (primary N) is 1. The molecule has 2 nitrogen and oxygen atoms in total. The first-order valence-electron chi connectivity index (χ1n) is 4.50. The van der Waals surface area contributed by atoms with E-state index in [1.807, 2.05) is 6.07 Å². The summed E-state index contributed by atoms with van der Waals surface area (Å²) in [6.45, 7) is 2.56. The van der Waals surface area contributed by atoms with Gasteiger partial charge in [-0.15, -0.1) is 0 Å². The van der Waals surface area contributed by atoms with Gasteiger partial charge < -0.3 is 5.73 Å². The molecule has 0 bridgehead atoms. The van der Waals surface area contributed by atoms with Crippen LogP contribution in [-0.4, -0.2) is 11.5 Å². The number of rotatable bonds is 2. The van der Waals surface area contributed by atoms with E-state index in [-0.39, 0.29) is 0 Å². The molecule has 2 N–H and O–H groups in total. The maximum Gasteiger partial charge on any atom is 0.0555 e. The highest BCUT2D eigenvalue weighted by Gasteiger charge is 1.96. The molecule has 1 aromatic heterocycles. The topological polar surface area (TPSA) is 38.9 Å². The first kappa shape index (κ1) is 9.76. The minimum Gasteiger partial charge on any atom is -0.320 e. The fraction of sp³-hybridized carbons (Fsp3) is 0.364. The van der Waals surface area contributed by atoms with E-state index in [1.165, 1.54) is 5.56 Å². The summed E-state index contributed by atoms with van der Waals surface area (Å²) in [6, 6.07) is 2.02. The molecule has 1 aromatic rings. The molecule has 2 heteroatoms. The van der Waals surface area contributed by atoms with Crippen LogP contribution in [0.2, 0.25) is 0 Å². The molecule has 0 spiro atoms. The second kappa shape index (κ2) is 5.34. The Labute approximate surface area is 79.2 Å². The summed E-state index contributed by atoms with van der Waals surface area (Å²) in [7, 11) is 0. The van der Waals surface area contributed by atoms with E-state index in [0.29, 0.717) is 6.54 Å². The number of hydrogen-bond donors (Lipinski definition) is 1. The van der Waals surface area contributed by atoms with Gasteiger partial charge in [-0.25, -0.2) is 0 Å². The first-order chi connectivity index (χ1) is 6.38. The molecule has 0 unspecified atom stereocenters. The van der Waals surface area contributed by atoms with Crippen molar-refractivity contribution in [1.29, 1.82) is 0 Å². The Bertz CT molecular complexity index is 320. The van der Waals surface area contributed by atoms with E-state index >= 15 is 0 Å². The van der Waals surface area contributed by atoms with Crippen molar-refractivity contribution in [2.24, 2.45) is 5.73 Å². The van der Waals surface area contributed by atoms with E-state index in [0.717, 1.165) is 18.4 Å². The first-order valence-corrected chi connectivity index (χ1v) is 4.50. The van der Waals surface area contributed by atoms with E-state index in [2.05, 4.69) is 23.7 Å².